The highest BCUT2D eigenvalue weighted by Gasteiger charge is 2.03. The molecule has 0 radical (unpaired) electrons. The van der Waals surface area contributed by atoms with Crippen LogP contribution in [0.2, 0.25) is 0 Å². The van der Waals surface area contributed by atoms with E-state index >= 15 is 0 Å². The van der Waals surface area contributed by atoms with Gasteiger partial charge in [0.25, 0.3) is 0 Å². The van der Waals surface area contributed by atoms with Crippen LogP contribution in [0.3, 0.4) is 0 Å². The summed E-state index contributed by atoms with van der Waals surface area (Å²) < 4.78 is 18.8. The summed E-state index contributed by atoms with van der Waals surface area (Å²) in [5, 5.41) is 0. The van der Waals surface area contributed by atoms with Crippen LogP contribution < -0.4 is 4.74 Å². The molecule has 0 aliphatic heterocycles. The Kier molecular flexibility index (Phi) is 4.42. The summed E-state index contributed by atoms with van der Waals surface area (Å²) in [6.07, 6.45) is 0. The van der Waals surface area contributed by atoms with Gasteiger partial charge in [0.1, 0.15) is 18.2 Å². The normalized spacial score (nSPS) is 9.93. The molecule has 0 aliphatic rings. The molecule has 0 atom stereocenters. The topological polar surface area (TPSA) is 9.23 Å². The van der Waals surface area contributed by atoms with Gasteiger partial charge in [-0.05, 0) is 33.6 Å². The minimum atomic E-state index is -0.334. The summed E-state index contributed by atoms with van der Waals surface area (Å²) in [6, 6.07) is 4.26. The Morgan fingerprint density at radius 3 is 2.93 bits per heavy atom. The molecule has 1 aromatic rings. The molecule has 0 N–H and O–H groups in total. The Morgan fingerprint density at radius 1 is 1.57 bits per heavy atom. The van der Waals surface area contributed by atoms with Crippen LogP contribution in [0.1, 0.15) is 0 Å². The van der Waals surface area contributed by atoms with Crippen LogP contribution in [0.25, 0.3) is 0 Å². The largest absolute Gasteiger partial charge is 0.488 e. The number of hydrogen-bond acceptors (Lipinski definition) is 1. The molecule has 0 unspecified atom stereocenters. The molecule has 0 saturated heterocycles. The van der Waals surface area contributed by atoms with Gasteiger partial charge in [-0.2, -0.15) is 0 Å². The predicted octanol–water partition coefficient (Wildman–Crippen LogP) is 3.76. The van der Waals surface area contributed by atoms with E-state index in [1.165, 1.54) is 12.1 Å². The monoisotopic (exact) mass is 278 g/mol. The number of halogens is 3. The van der Waals surface area contributed by atoms with Crippen molar-refractivity contribution in [2.45, 2.75) is 0 Å². The zero-order valence-corrected chi connectivity index (χ0v) is 9.74. The minimum absolute atomic E-state index is 0.297. The van der Waals surface area contributed by atoms with Crippen molar-refractivity contribution < 1.29 is 9.13 Å². The van der Waals surface area contributed by atoms with E-state index in [-0.39, 0.29) is 5.82 Å². The molecule has 0 aliphatic carbocycles. The molecule has 0 amide bonds. The van der Waals surface area contributed by atoms with Gasteiger partial charge in [-0.3, -0.25) is 0 Å². The van der Waals surface area contributed by atoms with Crippen LogP contribution in [-0.4, -0.2) is 12.5 Å². The summed E-state index contributed by atoms with van der Waals surface area (Å²) in [7, 11) is 0. The third-order valence-corrected chi connectivity index (χ3v) is 2.55. The van der Waals surface area contributed by atoms with Gasteiger partial charge in [-0.25, -0.2) is 4.39 Å². The third-order valence-electron chi connectivity index (χ3n) is 1.51. The van der Waals surface area contributed by atoms with E-state index in [2.05, 4.69) is 22.5 Å². The predicted molar refractivity (Wildman–Crippen MR) is 59.5 cm³/mol. The molecule has 0 aromatic heterocycles. The van der Waals surface area contributed by atoms with Gasteiger partial charge in [-0.15, -0.1) is 11.6 Å². The van der Waals surface area contributed by atoms with Gasteiger partial charge >= 0.3 is 0 Å². The van der Waals surface area contributed by atoms with Crippen molar-refractivity contribution in [1.82, 2.24) is 0 Å². The number of alkyl halides is 1. The highest BCUT2D eigenvalue weighted by atomic mass is 79.9. The summed E-state index contributed by atoms with van der Waals surface area (Å²) in [5.41, 5.74) is 0.753. The van der Waals surface area contributed by atoms with Crippen molar-refractivity contribution in [2.24, 2.45) is 0 Å². The first kappa shape index (κ1) is 11.5. The molecule has 4 heteroatoms. The highest BCUT2D eigenvalue weighted by Crippen LogP contribution is 2.25. The second-order valence-corrected chi connectivity index (χ2v) is 3.87. The van der Waals surface area contributed by atoms with E-state index in [0.29, 0.717) is 22.7 Å². The second-order valence-electron chi connectivity index (χ2n) is 2.75. The number of hydrogen-bond donors (Lipinski definition) is 0. The Labute approximate surface area is 95.7 Å². The quantitative estimate of drug-likeness (QED) is 0.602. The van der Waals surface area contributed by atoms with Crippen LogP contribution in [0, 0.1) is 5.82 Å². The van der Waals surface area contributed by atoms with Crippen LogP contribution in [0.15, 0.2) is 34.8 Å². The van der Waals surface area contributed by atoms with Crippen LogP contribution >= 0.6 is 27.5 Å². The molecule has 1 aromatic carbocycles. The molecule has 1 nitrogen and oxygen atoms in total. The van der Waals surface area contributed by atoms with Gasteiger partial charge in [0.05, 0.1) is 4.47 Å². The smallest absolute Gasteiger partial charge is 0.136 e. The van der Waals surface area contributed by atoms with E-state index < -0.39 is 0 Å². The molecular formula is C10H9BrClFO. The average Bonchev–Trinajstić information content (AvgIpc) is 2.19. The molecule has 14 heavy (non-hydrogen) atoms. The molecule has 1 rings (SSSR count). The molecule has 0 bridgehead atoms. The van der Waals surface area contributed by atoms with Crippen molar-refractivity contribution >= 4 is 27.5 Å². The summed E-state index contributed by atoms with van der Waals surface area (Å²) in [6.45, 7) is 3.97. The molecule has 0 heterocycles. The zero-order chi connectivity index (χ0) is 10.6. The first-order chi connectivity index (χ1) is 6.63. The maximum atomic E-state index is 12.8. The van der Waals surface area contributed by atoms with Crippen molar-refractivity contribution in [3.8, 4) is 5.75 Å². The third kappa shape index (κ3) is 3.31. The fraction of sp³-hybridized carbons (Fsp3) is 0.200. The molecular weight excluding hydrogens is 270 g/mol. The van der Waals surface area contributed by atoms with Crippen molar-refractivity contribution in [3.05, 3.63) is 40.6 Å². The van der Waals surface area contributed by atoms with E-state index in [1.807, 2.05) is 0 Å². The Morgan fingerprint density at radius 2 is 2.29 bits per heavy atom. The molecule has 0 fully saturated rings. The fourth-order valence-corrected chi connectivity index (χ4v) is 1.24. The van der Waals surface area contributed by atoms with Crippen molar-refractivity contribution in [1.29, 1.82) is 0 Å². The van der Waals surface area contributed by atoms with E-state index in [0.717, 1.165) is 5.57 Å². The molecule has 0 spiro atoms. The zero-order valence-electron chi connectivity index (χ0n) is 7.40. The lowest BCUT2D eigenvalue weighted by Gasteiger charge is -2.08. The lowest BCUT2D eigenvalue weighted by atomic mass is 10.3. The summed E-state index contributed by atoms with van der Waals surface area (Å²) in [4.78, 5) is 0. The second kappa shape index (κ2) is 5.37. The van der Waals surface area contributed by atoms with Crippen LogP contribution in [0.5, 0.6) is 5.75 Å². The van der Waals surface area contributed by atoms with Gasteiger partial charge in [0, 0.05) is 11.9 Å². The number of ether oxygens (including phenoxy) is 1. The Balaban J connectivity index is 2.66. The average molecular weight is 280 g/mol. The highest BCUT2D eigenvalue weighted by molar-refractivity contribution is 9.10. The lowest BCUT2D eigenvalue weighted by molar-refractivity contribution is 0.348. The lowest BCUT2D eigenvalue weighted by Crippen LogP contribution is -2.01. The number of rotatable bonds is 4. The van der Waals surface area contributed by atoms with Crippen LogP contribution in [0.4, 0.5) is 4.39 Å². The van der Waals surface area contributed by atoms with Gasteiger partial charge in [0.2, 0.25) is 0 Å². The maximum absolute atomic E-state index is 12.8. The summed E-state index contributed by atoms with van der Waals surface area (Å²) >= 11 is 8.77. The van der Waals surface area contributed by atoms with E-state index in [1.54, 1.807) is 6.07 Å². The van der Waals surface area contributed by atoms with Crippen molar-refractivity contribution in [2.75, 3.05) is 12.5 Å². The fourth-order valence-electron chi connectivity index (χ4n) is 0.806. The standard InChI is InChI=1S/C10H9BrClFO/c1-7(5-12)6-14-10-4-8(13)2-3-9(10)11/h2-4H,1,5-6H2. The molecule has 76 valence electrons. The Hall–Kier alpha value is -0.540. The van der Waals surface area contributed by atoms with Crippen LogP contribution in [-0.2, 0) is 0 Å². The van der Waals surface area contributed by atoms with Gasteiger partial charge < -0.3 is 4.74 Å². The maximum Gasteiger partial charge on any atom is 0.136 e. The summed E-state index contributed by atoms with van der Waals surface area (Å²) in [5.74, 6) is 0.461. The molecule has 0 saturated carbocycles. The van der Waals surface area contributed by atoms with E-state index in [9.17, 15) is 4.39 Å². The van der Waals surface area contributed by atoms with Gasteiger partial charge in [-0.1, -0.05) is 6.58 Å². The minimum Gasteiger partial charge on any atom is -0.488 e. The SMILES string of the molecule is C=C(CCl)COc1cc(F)ccc1Br. The van der Waals surface area contributed by atoms with Crippen molar-refractivity contribution in [3.63, 3.8) is 0 Å². The first-order valence-electron chi connectivity index (χ1n) is 3.94. The Bertz CT molecular complexity index is 341. The van der Waals surface area contributed by atoms with Gasteiger partial charge in [0.15, 0.2) is 0 Å². The van der Waals surface area contributed by atoms with E-state index in [4.69, 9.17) is 16.3 Å². The first-order valence-corrected chi connectivity index (χ1v) is 5.26. The number of benzene rings is 1.